The number of rotatable bonds is 4. The average Bonchev–Trinajstić information content (AvgIpc) is 3.47. The highest BCUT2D eigenvalue weighted by atomic mass is 15.0. The molecule has 7 rings (SSSR count). The molecule has 6 nitrogen and oxygen atoms in total. The first-order chi connectivity index (χ1) is 23.0. The number of nitrogens with zero attached hydrogens (tertiary/aromatic N) is 6. The van der Waals surface area contributed by atoms with Crippen LogP contribution in [0.3, 0.4) is 0 Å². The van der Waals surface area contributed by atoms with Gasteiger partial charge in [0.15, 0.2) is 11.4 Å². The molecule has 0 atom stereocenters. The summed E-state index contributed by atoms with van der Waals surface area (Å²) in [7, 11) is 0. The van der Waals surface area contributed by atoms with Crippen molar-refractivity contribution in [2.75, 3.05) is 0 Å². The fraction of sp³-hybridized carbons (Fsp3) is 0. The molecule has 47 heavy (non-hydrogen) atoms. The quantitative estimate of drug-likeness (QED) is 0.189. The molecule has 0 aliphatic carbocycles. The van der Waals surface area contributed by atoms with E-state index in [1.165, 1.54) is 0 Å². The molecule has 1 aromatic heterocycles. The zero-order valence-corrected chi connectivity index (χ0v) is 24.7. The zero-order chi connectivity index (χ0) is 32.5. The SMILES string of the molecule is [C-]#[N+]c1cc(C#N)cc(-c2ccc3c(c2)c2cc(-c4cc(C#N)cc([N+]#[C-])c4)ccc2n3-c2ccccc2-c2cccc(C#N)c2)c1. The van der Waals surface area contributed by atoms with E-state index in [1.807, 2.05) is 48.5 Å². The Bertz CT molecular complexity index is 2440. The van der Waals surface area contributed by atoms with Crippen LogP contribution in [0.2, 0.25) is 0 Å². The van der Waals surface area contributed by atoms with Gasteiger partial charge in [-0.2, -0.15) is 15.8 Å². The van der Waals surface area contributed by atoms with Crippen molar-refractivity contribution in [1.82, 2.24) is 4.57 Å². The van der Waals surface area contributed by atoms with Crippen LogP contribution >= 0.6 is 0 Å². The van der Waals surface area contributed by atoms with E-state index in [0.717, 1.165) is 60.9 Å². The average molecular weight is 597 g/mol. The Morgan fingerprint density at radius 1 is 0.468 bits per heavy atom. The van der Waals surface area contributed by atoms with Crippen LogP contribution in [0.5, 0.6) is 0 Å². The third kappa shape index (κ3) is 5.00. The number of hydrogen-bond donors (Lipinski definition) is 0. The van der Waals surface area contributed by atoms with Gasteiger partial charge in [0.2, 0.25) is 0 Å². The molecule has 6 heteroatoms. The Morgan fingerprint density at radius 2 is 1.00 bits per heavy atom. The number of fused-ring (bicyclic) bond motifs is 3. The van der Waals surface area contributed by atoms with Crippen LogP contribution in [0.1, 0.15) is 16.7 Å². The van der Waals surface area contributed by atoms with Crippen LogP contribution in [-0.2, 0) is 0 Å². The molecule has 0 bridgehead atoms. The van der Waals surface area contributed by atoms with E-state index in [1.54, 1.807) is 42.5 Å². The zero-order valence-electron chi connectivity index (χ0n) is 24.7. The minimum atomic E-state index is 0.394. The molecule has 0 radical (unpaired) electrons. The summed E-state index contributed by atoms with van der Waals surface area (Å²) in [6.07, 6.45) is 0. The summed E-state index contributed by atoms with van der Waals surface area (Å²) in [6, 6.07) is 44.8. The molecule has 0 fully saturated rings. The molecule has 0 spiro atoms. The third-order valence-corrected chi connectivity index (χ3v) is 8.23. The van der Waals surface area contributed by atoms with Gasteiger partial charge in [-0.05, 0) is 107 Å². The second-order valence-corrected chi connectivity index (χ2v) is 11.0. The topological polar surface area (TPSA) is 85.0 Å². The molecule has 0 N–H and O–H groups in total. The summed E-state index contributed by atoms with van der Waals surface area (Å²) in [5.74, 6) is 0. The van der Waals surface area contributed by atoms with Crippen molar-refractivity contribution in [2.45, 2.75) is 0 Å². The van der Waals surface area contributed by atoms with Crippen LogP contribution in [0, 0.1) is 47.1 Å². The maximum atomic E-state index is 9.63. The maximum Gasteiger partial charge on any atom is 0.189 e. The van der Waals surface area contributed by atoms with Crippen LogP contribution in [0.4, 0.5) is 11.4 Å². The summed E-state index contributed by atoms with van der Waals surface area (Å²) in [5.41, 5.74) is 10.2. The second-order valence-electron chi connectivity index (χ2n) is 11.0. The molecular formula is C41H20N6. The standard InChI is InChI=1S/C41H20N6/c1-45-34-17-27(24-43)15-32(19-34)29-10-12-40-37(21-29)38-22-30(33-16-28(25-44)18-35(20-33)46-2)11-13-41(38)47(40)39-9-4-3-8-36(39)31-7-5-6-26(14-31)23-42/h3-22H. The molecule has 0 saturated heterocycles. The van der Waals surface area contributed by atoms with E-state index in [2.05, 4.69) is 62.8 Å². The summed E-state index contributed by atoms with van der Waals surface area (Å²) in [4.78, 5) is 7.15. The van der Waals surface area contributed by atoms with E-state index >= 15 is 0 Å². The normalized spacial score (nSPS) is 10.4. The van der Waals surface area contributed by atoms with Crippen molar-refractivity contribution in [1.29, 1.82) is 15.8 Å². The highest BCUT2D eigenvalue weighted by Crippen LogP contribution is 2.40. The number of benzene rings is 6. The number of nitriles is 3. The van der Waals surface area contributed by atoms with E-state index in [0.29, 0.717) is 28.1 Å². The van der Waals surface area contributed by atoms with Crippen molar-refractivity contribution >= 4 is 33.2 Å². The Balaban J connectivity index is 1.54. The molecule has 7 aromatic rings. The fourth-order valence-electron chi connectivity index (χ4n) is 6.12. The Labute approximate surface area is 271 Å². The van der Waals surface area contributed by atoms with Crippen molar-refractivity contribution < 1.29 is 0 Å². The van der Waals surface area contributed by atoms with Gasteiger partial charge in [0.1, 0.15) is 0 Å². The smallest absolute Gasteiger partial charge is 0.189 e. The third-order valence-electron chi connectivity index (χ3n) is 8.23. The Hall–Kier alpha value is -7.43. The Kier molecular flexibility index (Phi) is 6.98. The second kappa shape index (κ2) is 11.6. The summed E-state index contributed by atoms with van der Waals surface area (Å²) in [5, 5.41) is 30.7. The minimum Gasteiger partial charge on any atom is -0.309 e. The predicted octanol–water partition coefficient (Wildman–Crippen LogP) is 10.5. The predicted molar refractivity (Wildman–Crippen MR) is 184 cm³/mol. The summed E-state index contributed by atoms with van der Waals surface area (Å²) >= 11 is 0. The molecule has 0 unspecified atom stereocenters. The van der Waals surface area contributed by atoms with E-state index < -0.39 is 0 Å². The molecule has 0 aliphatic heterocycles. The van der Waals surface area contributed by atoms with Gasteiger partial charge in [0.05, 0.1) is 53.6 Å². The highest BCUT2D eigenvalue weighted by molar-refractivity contribution is 6.12. The van der Waals surface area contributed by atoms with Crippen LogP contribution in [-0.4, -0.2) is 4.57 Å². The number of para-hydroxylation sites is 1. The van der Waals surface area contributed by atoms with Gasteiger partial charge in [-0.25, -0.2) is 9.69 Å². The van der Waals surface area contributed by atoms with Crippen LogP contribution < -0.4 is 0 Å². The summed E-state index contributed by atoms with van der Waals surface area (Å²) in [6.45, 7) is 15.1. The highest BCUT2D eigenvalue weighted by Gasteiger charge is 2.18. The van der Waals surface area contributed by atoms with Gasteiger partial charge in [0.25, 0.3) is 0 Å². The first-order valence-corrected chi connectivity index (χ1v) is 14.6. The van der Waals surface area contributed by atoms with Crippen molar-refractivity contribution in [2.24, 2.45) is 0 Å². The minimum absolute atomic E-state index is 0.394. The number of aromatic nitrogens is 1. The van der Waals surface area contributed by atoms with Gasteiger partial charge >= 0.3 is 0 Å². The van der Waals surface area contributed by atoms with E-state index in [-0.39, 0.29) is 0 Å². The van der Waals surface area contributed by atoms with Crippen LogP contribution in [0.15, 0.2) is 121 Å². The molecular weight excluding hydrogens is 576 g/mol. The van der Waals surface area contributed by atoms with Gasteiger partial charge in [-0.1, -0.05) is 42.5 Å². The van der Waals surface area contributed by atoms with Gasteiger partial charge in [0, 0.05) is 27.5 Å². The van der Waals surface area contributed by atoms with Crippen LogP contribution in [0.25, 0.3) is 70.6 Å². The fourth-order valence-corrected chi connectivity index (χ4v) is 6.12. The largest absolute Gasteiger partial charge is 0.309 e. The first-order valence-electron chi connectivity index (χ1n) is 14.6. The van der Waals surface area contributed by atoms with Gasteiger partial charge in [-0.15, -0.1) is 0 Å². The van der Waals surface area contributed by atoms with Crippen molar-refractivity contribution in [3.63, 3.8) is 0 Å². The molecule has 0 saturated carbocycles. The van der Waals surface area contributed by atoms with Gasteiger partial charge in [-0.3, -0.25) is 0 Å². The number of hydrogen-bond acceptors (Lipinski definition) is 3. The first kappa shape index (κ1) is 28.3. The molecule has 6 aromatic carbocycles. The van der Waals surface area contributed by atoms with Crippen molar-refractivity contribution in [3.8, 4) is 57.3 Å². The lowest BCUT2D eigenvalue weighted by Gasteiger charge is -2.14. The van der Waals surface area contributed by atoms with Crippen molar-refractivity contribution in [3.05, 3.63) is 161 Å². The molecule has 1 heterocycles. The molecule has 214 valence electrons. The van der Waals surface area contributed by atoms with Gasteiger partial charge < -0.3 is 4.57 Å². The monoisotopic (exact) mass is 596 g/mol. The van der Waals surface area contributed by atoms with E-state index in [4.69, 9.17) is 13.1 Å². The lowest BCUT2D eigenvalue weighted by molar-refractivity contribution is 1.18. The lowest BCUT2D eigenvalue weighted by Crippen LogP contribution is -1.97. The maximum absolute atomic E-state index is 9.63. The Morgan fingerprint density at radius 3 is 1.53 bits per heavy atom. The van der Waals surface area contributed by atoms with E-state index in [9.17, 15) is 15.8 Å². The lowest BCUT2D eigenvalue weighted by atomic mass is 9.98. The molecule has 0 aliphatic rings. The summed E-state index contributed by atoms with van der Waals surface area (Å²) < 4.78 is 2.21. The molecule has 0 amide bonds.